The van der Waals surface area contributed by atoms with E-state index in [0.29, 0.717) is 11.1 Å². The summed E-state index contributed by atoms with van der Waals surface area (Å²) < 4.78 is 17.6. The molecule has 3 heteroatoms. The highest BCUT2D eigenvalue weighted by Crippen LogP contribution is 2.30. The highest BCUT2D eigenvalue weighted by atomic mass is 19.1. The Morgan fingerprint density at radius 1 is 1.50 bits per heavy atom. The van der Waals surface area contributed by atoms with E-state index in [9.17, 15) is 9.18 Å². The fourth-order valence-electron chi connectivity index (χ4n) is 1.34. The van der Waals surface area contributed by atoms with Crippen LogP contribution in [0.25, 0.3) is 0 Å². The van der Waals surface area contributed by atoms with Crippen LogP contribution in [0.4, 0.5) is 4.39 Å². The van der Waals surface area contributed by atoms with Crippen LogP contribution in [0, 0.1) is 5.82 Å². The molecule has 0 radical (unpaired) electrons. The van der Waals surface area contributed by atoms with Crippen molar-refractivity contribution in [2.45, 2.75) is 13.0 Å². The molecule has 62 valence electrons. The van der Waals surface area contributed by atoms with Crippen molar-refractivity contribution in [3.63, 3.8) is 0 Å². The molecule has 12 heavy (non-hydrogen) atoms. The molecule has 2 nitrogen and oxygen atoms in total. The molecule has 1 aliphatic heterocycles. The van der Waals surface area contributed by atoms with Gasteiger partial charge in [0.15, 0.2) is 0 Å². The van der Waals surface area contributed by atoms with E-state index in [0.717, 1.165) is 0 Å². The van der Waals surface area contributed by atoms with E-state index < -0.39 is 0 Å². The number of ether oxygens (including phenoxy) is 1. The van der Waals surface area contributed by atoms with Crippen LogP contribution in [-0.2, 0) is 4.74 Å². The van der Waals surface area contributed by atoms with Crippen molar-refractivity contribution in [3.8, 4) is 0 Å². The Hall–Kier alpha value is -1.38. The van der Waals surface area contributed by atoms with Crippen LogP contribution in [0.1, 0.15) is 28.9 Å². The lowest BCUT2D eigenvalue weighted by Crippen LogP contribution is -1.93. The lowest BCUT2D eigenvalue weighted by Gasteiger charge is -2.00. The SMILES string of the molecule is C[C@@H]1OC(=O)c2ccc(F)cc21. The molecule has 0 amide bonds. The van der Waals surface area contributed by atoms with Crippen LogP contribution in [0.15, 0.2) is 18.2 Å². The van der Waals surface area contributed by atoms with Gasteiger partial charge in [-0.2, -0.15) is 0 Å². The Balaban J connectivity index is 2.60. The summed E-state index contributed by atoms with van der Waals surface area (Å²) in [4.78, 5) is 11.0. The highest BCUT2D eigenvalue weighted by Gasteiger charge is 2.27. The van der Waals surface area contributed by atoms with Crippen LogP contribution >= 0.6 is 0 Å². The summed E-state index contributed by atoms with van der Waals surface area (Å²) in [6, 6.07) is 4.06. The Labute approximate surface area is 69.0 Å². The monoisotopic (exact) mass is 166 g/mol. The second-order valence-corrected chi connectivity index (χ2v) is 2.78. The van der Waals surface area contributed by atoms with Crippen LogP contribution in [0.5, 0.6) is 0 Å². The van der Waals surface area contributed by atoms with E-state index in [1.54, 1.807) is 6.92 Å². The molecular formula is C9H7FO2. The molecule has 2 rings (SSSR count). The number of cyclic esters (lactones) is 1. The summed E-state index contributed by atoms with van der Waals surface area (Å²) in [6.07, 6.45) is -0.316. The van der Waals surface area contributed by atoms with E-state index in [1.807, 2.05) is 0 Å². The highest BCUT2D eigenvalue weighted by molar-refractivity contribution is 5.93. The minimum atomic E-state index is -0.363. The molecule has 1 atom stereocenters. The van der Waals surface area contributed by atoms with Crippen LogP contribution < -0.4 is 0 Å². The predicted octanol–water partition coefficient (Wildman–Crippen LogP) is 2.06. The van der Waals surface area contributed by atoms with E-state index in [4.69, 9.17) is 4.74 Å². The zero-order valence-electron chi connectivity index (χ0n) is 6.50. The minimum Gasteiger partial charge on any atom is -0.454 e. The molecular weight excluding hydrogens is 159 g/mol. The molecule has 0 fully saturated rings. The van der Waals surface area contributed by atoms with E-state index in [2.05, 4.69) is 0 Å². The van der Waals surface area contributed by atoms with E-state index in [-0.39, 0.29) is 17.9 Å². The summed E-state index contributed by atoms with van der Waals surface area (Å²) in [5.41, 5.74) is 1.11. The lowest BCUT2D eigenvalue weighted by atomic mass is 10.1. The zero-order chi connectivity index (χ0) is 8.72. The van der Waals surface area contributed by atoms with Gasteiger partial charge in [-0.25, -0.2) is 9.18 Å². The summed E-state index contributed by atoms with van der Waals surface area (Å²) >= 11 is 0. The second kappa shape index (κ2) is 2.30. The number of hydrogen-bond donors (Lipinski definition) is 0. The number of rotatable bonds is 0. The van der Waals surface area contributed by atoms with Crippen molar-refractivity contribution in [1.29, 1.82) is 0 Å². The van der Waals surface area contributed by atoms with Gasteiger partial charge in [-0.15, -0.1) is 0 Å². The van der Waals surface area contributed by atoms with Gasteiger partial charge in [0.1, 0.15) is 11.9 Å². The van der Waals surface area contributed by atoms with Gasteiger partial charge in [-0.1, -0.05) is 0 Å². The molecule has 1 aromatic carbocycles. The Bertz CT molecular complexity index is 346. The van der Waals surface area contributed by atoms with Gasteiger partial charge in [0.25, 0.3) is 0 Å². The van der Waals surface area contributed by atoms with Crippen LogP contribution in [-0.4, -0.2) is 5.97 Å². The van der Waals surface area contributed by atoms with Crippen LogP contribution in [0.2, 0.25) is 0 Å². The summed E-state index contributed by atoms with van der Waals surface area (Å²) in [5.74, 6) is -0.698. The maximum atomic E-state index is 12.7. The molecule has 1 heterocycles. The molecule has 0 spiro atoms. The number of fused-ring (bicyclic) bond motifs is 1. The predicted molar refractivity (Wildman–Crippen MR) is 40.2 cm³/mol. The first-order valence-electron chi connectivity index (χ1n) is 3.69. The molecule has 0 saturated heterocycles. The van der Waals surface area contributed by atoms with Crippen molar-refractivity contribution in [3.05, 3.63) is 35.1 Å². The third-order valence-electron chi connectivity index (χ3n) is 1.96. The van der Waals surface area contributed by atoms with Crippen molar-refractivity contribution >= 4 is 5.97 Å². The fraction of sp³-hybridized carbons (Fsp3) is 0.222. The molecule has 0 N–H and O–H groups in total. The van der Waals surface area contributed by atoms with Crippen molar-refractivity contribution < 1.29 is 13.9 Å². The minimum absolute atomic E-state index is 0.316. The first kappa shape index (κ1) is 7.28. The Kier molecular flexibility index (Phi) is 1.40. The maximum Gasteiger partial charge on any atom is 0.339 e. The van der Waals surface area contributed by atoms with Crippen LogP contribution in [0.3, 0.4) is 0 Å². The largest absolute Gasteiger partial charge is 0.454 e. The third-order valence-corrected chi connectivity index (χ3v) is 1.96. The average Bonchev–Trinajstić information content (AvgIpc) is 2.28. The van der Waals surface area contributed by atoms with Gasteiger partial charge in [-0.05, 0) is 25.1 Å². The van der Waals surface area contributed by atoms with Gasteiger partial charge in [0.05, 0.1) is 5.56 Å². The summed E-state index contributed by atoms with van der Waals surface area (Å²) in [7, 11) is 0. The molecule has 1 aliphatic rings. The maximum absolute atomic E-state index is 12.7. The smallest absolute Gasteiger partial charge is 0.339 e. The number of carbonyl (C=O) groups is 1. The van der Waals surface area contributed by atoms with E-state index in [1.165, 1.54) is 18.2 Å². The third kappa shape index (κ3) is 0.897. The quantitative estimate of drug-likeness (QED) is 0.551. The number of hydrogen-bond acceptors (Lipinski definition) is 2. The number of halogens is 1. The standard InChI is InChI=1S/C9H7FO2/c1-5-8-4-6(10)2-3-7(8)9(11)12-5/h2-5H,1H3/t5-/m0/s1. The first-order valence-corrected chi connectivity index (χ1v) is 3.69. The van der Waals surface area contributed by atoms with Gasteiger partial charge in [0, 0.05) is 5.56 Å². The van der Waals surface area contributed by atoms with E-state index >= 15 is 0 Å². The topological polar surface area (TPSA) is 26.3 Å². The lowest BCUT2D eigenvalue weighted by molar-refractivity contribution is 0.0421. The van der Waals surface area contributed by atoms with Gasteiger partial charge in [0.2, 0.25) is 0 Å². The number of esters is 1. The fourth-order valence-corrected chi connectivity index (χ4v) is 1.34. The second-order valence-electron chi connectivity index (χ2n) is 2.78. The molecule has 0 bridgehead atoms. The van der Waals surface area contributed by atoms with Crippen molar-refractivity contribution in [2.75, 3.05) is 0 Å². The number of benzene rings is 1. The van der Waals surface area contributed by atoms with Gasteiger partial charge >= 0.3 is 5.97 Å². The Morgan fingerprint density at radius 3 is 3.00 bits per heavy atom. The van der Waals surface area contributed by atoms with Gasteiger partial charge in [-0.3, -0.25) is 0 Å². The van der Waals surface area contributed by atoms with Gasteiger partial charge < -0.3 is 4.74 Å². The average molecular weight is 166 g/mol. The zero-order valence-corrected chi connectivity index (χ0v) is 6.50. The Morgan fingerprint density at radius 2 is 2.25 bits per heavy atom. The molecule has 0 aliphatic carbocycles. The molecule has 0 saturated carbocycles. The number of carbonyl (C=O) groups excluding carboxylic acids is 1. The van der Waals surface area contributed by atoms with Crippen molar-refractivity contribution in [2.24, 2.45) is 0 Å². The first-order chi connectivity index (χ1) is 5.68. The molecule has 1 aromatic rings. The molecule has 0 aromatic heterocycles. The molecule has 0 unspecified atom stereocenters. The normalized spacial score (nSPS) is 20.5. The summed E-state index contributed by atoms with van der Waals surface area (Å²) in [6.45, 7) is 1.73. The van der Waals surface area contributed by atoms with Crippen molar-refractivity contribution in [1.82, 2.24) is 0 Å². The summed E-state index contributed by atoms with van der Waals surface area (Å²) in [5, 5.41) is 0.